The van der Waals surface area contributed by atoms with E-state index in [1.165, 1.54) is 13.4 Å². The molecule has 2 aliphatic heterocycles. The third-order valence-electron chi connectivity index (χ3n) is 4.55. The number of nitrogen functional groups attached to an aromatic ring is 1. The lowest BCUT2D eigenvalue weighted by atomic mass is 9.96. The Bertz CT molecular complexity index is 952. The van der Waals surface area contributed by atoms with E-state index in [0.717, 1.165) is 0 Å². The average molecular weight is 431 g/mol. The lowest BCUT2D eigenvalue weighted by Gasteiger charge is -2.37. The van der Waals surface area contributed by atoms with Crippen molar-refractivity contribution < 1.29 is 28.2 Å². The van der Waals surface area contributed by atoms with Gasteiger partial charge in [0, 0.05) is 0 Å². The highest BCUT2D eigenvalue weighted by molar-refractivity contribution is 8.07. The van der Waals surface area contributed by atoms with E-state index in [4.69, 9.17) is 40.6 Å². The first-order valence-electron chi connectivity index (χ1n) is 8.68. The van der Waals surface area contributed by atoms with Crippen molar-refractivity contribution in [2.24, 2.45) is 0 Å². The zero-order chi connectivity index (χ0) is 20.3. The molecule has 5 atom stereocenters. The van der Waals surface area contributed by atoms with Gasteiger partial charge in [0.15, 0.2) is 17.4 Å². The summed E-state index contributed by atoms with van der Waals surface area (Å²) in [5.41, 5.74) is 5.08. The van der Waals surface area contributed by atoms with Gasteiger partial charge in [0.1, 0.15) is 17.8 Å². The number of hydrogen-bond acceptors (Lipinski definition) is 11. The van der Waals surface area contributed by atoms with E-state index in [2.05, 4.69) is 15.0 Å². The highest BCUT2D eigenvalue weighted by Gasteiger charge is 2.59. The molecule has 0 spiro atoms. The van der Waals surface area contributed by atoms with Crippen LogP contribution in [-0.2, 0) is 30.1 Å². The van der Waals surface area contributed by atoms with Gasteiger partial charge >= 0.3 is 6.72 Å². The molecule has 0 radical (unpaired) electrons. The van der Waals surface area contributed by atoms with Crippen LogP contribution in [-0.4, -0.2) is 62.3 Å². The fourth-order valence-corrected chi connectivity index (χ4v) is 6.03. The van der Waals surface area contributed by atoms with E-state index < -0.39 is 30.8 Å². The molecule has 4 heterocycles. The first-order chi connectivity index (χ1) is 13.1. The molecule has 11 nitrogen and oxygen atoms in total. The quantitative estimate of drug-likeness (QED) is 0.674. The van der Waals surface area contributed by atoms with Crippen LogP contribution in [0.4, 0.5) is 5.95 Å². The largest absolute Gasteiger partial charge is 0.479 e. The van der Waals surface area contributed by atoms with Gasteiger partial charge in [-0.3, -0.25) is 9.09 Å². The Morgan fingerprint density at radius 3 is 2.89 bits per heavy atom. The minimum absolute atomic E-state index is 0.0153. The van der Waals surface area contributed by atoms with Crippen LogP contribution in [0.5, 0.6) is 5.88 Å². The van der Waals surface area contributed by atoms with Crippen molar-refractivity contribution in [1.29, 1.82) is 0 Å². The maximum absolute atomic E-state index is 11.3. The molecule has 0 bridgehead atoms. The van der Waals surface area contributed by atoms with Crippen molar-refractivity contribution in [3.8, 4) is 5.88 Å². The molecule has 2 aliphatic rings. The van der Waals surface area contributed by atoms with Gasteiger partial charge in [-0.05, 0) is 32.6 Å². The minimum Gasteiger partial charge on any atom is -0.479 e. The molecular formula is C15H22N5O6PS. The third kappa shape index (κ3) is 3.18. The molecule has 0 aliphatic carbocycles. The molecule has 5 unspecified atom stereocenters. The number of imidazole rings is 1. The molecule has 3 N–H and O–H groups in total. The molecule has 0 amide bonds. The topological polar surface area (TPSA) is 136 Å². The lowest BCUT2D eigenvalue weighted by molar-refractivity contribution is -0.0894. The van der Waals surface area contributed by atoms with Crippen molar-refractivity contribution in [3.05, 3.63) is 6.33 Å². The first-order valence-corrected chi connectivity index (χ1v) is 11.2. The molecule has 2 aromatic heterocycles. The van der Waals surface area contributed by atoms with E-state index >= 15 is 0 Å². The molecule has 2 aromatic rings. The van der Waals surface area contributed by atoms with Crippen LogP contribution < -0.4 is 10.5 Å². The van der Waals surface area contributed by atoms with Crippen LogP contribution in [0, 0.1) is 0 Å². The molecule has 2 saturated heterocycles. The van der Waals surface area contributed by atoms with Gasteiger partial charge in [-0.25, -0.2) is 4.98 Å². The van der Waals surface area contributed by atoms with Crippen LogP contribution >= 0.6 is 6.72 Å². The van der Waals surface area contributed by atoms with Gasteiger partial charge in [-0.15, -0.1) is 0 Å². The average Bonchev–Trinajstić information content (AvgIpc) is 3.12. The second-order valence-corrected chi connectivity index (χ2v) is 10.0. The summed E-state index contributed by atoms with van der Waals surface area (Å²) in [7, 11) is 1.46. The van der Waals surface area contributed by atoms with E-state index in [-0.39, 0.29) is 24.5 Å². The van der Waals surface area contributed by atoms with E-state index in [0.29, 0.717) is 11.2 Å². The number of ether oxygens (including phenoxy) is 2. The van der Waals surface area contributed by atoms with Crippen LogP contribution in [0.3, 0.4) is 0 Å². The van der Waals surface area contributed by atoms with E-state index in [1.807, 2.05) is 13.8 Å². The van der Waals surface area contributed by atoms with Crippen molar-refractivity contribution in [2.45, 2.75) is 50.9 Å². The van der Waals surface area contributed by atoms with Crippen molar-refractivity contribution in [3.63, 3.8) is 0 Å². The molecule has 28 heavy (non-hydrogen) atoms. The third-order valence-corrected chi connectivity index (χ3v) is 7.01. The van der Waals surface area contributed by atoms with Crippen LogP contribution in [0.15, 0.2) is 6.33 Å². The Balaban J connectivity index is 1.71. The highest BCUT2D eigenvalue weighted by atomic mass is 32.5. The van der Waals surface area contributed by atoms with Gasteiger partial charge in [0.2, 0.25) is 11.8 Å². The van der Waals surface area contributed by atoms with Crippen molar-refractivity contribution in [2.75, 3.05) is 19.5 Å². The summed E-state index contributed by atoms with van der Waals surface area (Å²) in [6.45, 7) is 2.45. The normalized spacial score (nSPS) is 35.4. The lowest BCUT2D eigenvalue weighted by Crippen LogP contribution is -2.47. The monoisotopic (exact) mass is 431 g/mol. The number of aliphatic hydroxyl groups is 1. The summed E-state index contributed by atoms with van der Waals surface area (Å²) in [6, 6.07) is 0. The summed E-state index contributed by atoms with van der Waals surface area (Å²) in [5.74, 6) is 0.248. The molecule has 13 heteroatoms. The fraction of sp³-hybridized carbons (Fsp3) is 0.667. The molecule has 0 saturated carbocycles. The molecule has 2 fully saturated rings. The smallest absolute Gasteiger partial charge is 0.327 e. The van der Waals surface area contributed by atoms with E-state index in [1.54, 1.807) is 11.5 Å². The van der Waals surface area contributed by atoms with Gasteiger partial charge in [0.05, 0.1) is 26.1 Å². The Kier molecular flexibility index (Phi) is 4.86. The number of nitrogens with two attached hydrogens (primary N) is 1. The fourth-order valence-electron chi connectivity index (χ4n) is 3.41. The predicted octanol–water partition coefficient (Wildman–Crippen LogP) is 1.13. The highest BCUT2D eigenvalue weighted by Crippen LogP contribution is 2.59. The Morgan fingerprint density at radius 2 is 2.21 bits per heavy atom. The number of aromatic nitrogens is 4. The summed E-state index contributed by atoms with van der Waals surface area (Å²) in [4.78, 5) is 12.5. The number of fused-ring (bicyclic) bond motifs is 2. The van der Waals surface area contributed by atoms with Gasteiger partial charge in [-0.2, -0.15) is 9.97 Å². The number of anilines is 1. The zero-order valence-electron chi connectivity index (χ0n) is 15.8. The standard InChI is InChI=1S/C15H22N5O6PS/c1-7(2)25-27(28)23-5-8-10(26-27)15(3,21)13(24-8)20-6-17-9-11(20)18-14(16)19-12(9)22-4/h6-8,10,13,21H,5H2,1-4H3,(H2,16,18,19). The Morgan fingerprint density at radius 1 is 1.46 bits per heavy atom. The molecule has 4 rings (SSSR count). The van der Waals surface area contributed by atoms with Crippen LogP contribution in [0.25, 0.3) is 11.2 Å². The summed E-state index contributed by atoms with van der Waals surface area (Å²) >= 11 is 5.43. The molecular weight excluding hydrogens is 409 g/mol. The minimum atomic E-state index is -2.99. The Labute approximate surface area is 166 Å². The number of nitrogens with zero attached hydrogens (tertiary/aromatic N) is 4. The molecule has 0 aromatic carbocycles. The van der Waals surface area contributed by atoms with Crippen LogP contribution in [0.1, 0.15) is 27.0 Å². The second-order valence-electron chi connectivity index (χ2n) is 7.09. The van der Waals surface area contributed by atoms with E-state index in [9.17, 15) is 5.11 Å². The van der Waals surface area contributed by atoms with Crippen LogP contribution in [0.2, 0.25) is 0 Å². The second kappa shape index (κ2) is 6.84. The SMILES string of the molecule is COc1nc(N)nc2c1ncn2C1OC2COP(=S)(OC(C)C)OC2C1(C)O. The summed E-state index contributed by atoms with van der Waals surface area (Å²) in [6.07, 6.45) is -0.829. The van der Waals surface area contributed by atoms with Gasteiger partial charge in [0.25, 0.3) is 0 Å². The summed E-state index contributed by atoms with van der Waals surface area (Å²) in [5, 5.41) is 11.3. The maximum atomic E-state index is 11.3. The van der Waals surface area contributed by atoms with Gasteiger partial charge in [-0.1, -0.05) is 0 Å². The first kappa shape index (κ1) is 19.9. The number of rotatable bonds is 4. The summed E-state index contributed by atoms with van der Waals surface area (Å²) < 4.78 is 30.1. The predicted molar refractivity (Wildman–Crippen MR) is 102 cm³/mol. The zero-order valence-corrected chi connectivity index (χ0v) is 17.5. The number of methoxy groups -OCH3 is 1. The molecule has 154 valence electrons. The van der Waals surface area contributed by atoms with Crippen molar-refractivity contribution in [1.82, 2.24) is 19.5 Å². The number of hydrogen-bond donors (Lipinski definition) is 2. The Hall–Kier alpha value is -1.40. The van der Waals surface area contributed by atoms with Crippen molar-refractivity contribution >= 4 is 35.6 Å². The maximum Gasteiger partial charge on any atom is 0.327 e. The van der Waals surface area contributed by atoms with Gasteiger partial charge < -0.3 is 29.4 Å².